The number of hydrogen-bond donors (Lipinski definition) is 2. The first-order chi connectivity index (χ1) is 8.70. The van der Waals surface area contributed by atoms with Crippen LogP contribution in [0.3, 0.4) is 0 Å². The van der Waals surface area contributed by atoms with E-state index in [2.05, 4.69) is 29.1 Å². The molecule has 98 valence electrons. The van der Waals surface area contributed by atoms with E-state index in [1.807, 2.05) is 24.3 Å². The molecule has 2 N–H and O–H groups in total. The summed E-state index contributed by atoms with van der Waals surface area (Å²) in [4.78, 5) is 7.86. The molecule has 1 atom stereocenters. The highest BCUT2D eigenvalue weighted by Gasteiger charge is 2.13. The van der Waals surface area contributed by atoms with E-state index >= 15 is 0 Å². The second-order valence-corrected chi connectivity index (χ2v) is 4.89. The molecule has 0 saturated carbocycles. The quantitative estimate of drug-likeness (QED) is 0.823. The molecule has 0 spiro atoms. The van der Waals surface area contributed by atoms with Crippen LogP contribution in [0.25, 0.3) is 11.0 Å². The van der Waals surface area contributed by atoms with Gasteiger partial charge in [-0.2, -0.15) is 0 Å². The lowest BCUT2D eigenvalue weighted by Gasteiger charge is -2.20. The smallest absolute Gasteiger partial charge is 0.121 e. The largest absolute Gasteiger partial charge is 0.383 e. The van der Waals surface area contributed by atoms with Gasteiger partial charge in [0.2, 0.25) is 0 Å². The Morgan fingerprint density at radius 3 is 2.78 bits per heavy atom. The lowest BCUT2D eigenvalue weighted by molar-refractivity contribution is 0.146. The fraction of sp³-hybridized carbons (Fsp3) is 0.500. The van der Waals surface area contributed by atoms with Crippen molar-refractivity contribution in [2.75, 3.05) is 13.7 Å². The first-order valence-electron chi connectivity index (χ1n) is 6.36. The van der Waals surface area contributed by atoms with E-state index in [9.17, 15) is 0 Å². The number of imidazole rings is 1. The van der Waals surface area contributed by atoms with Crippen LogP contribution >= 0.6 is 0 Å². The molecule has 1 heterocycles. The van der Waals surface area contributed by atoms with Crippen molar-refractivity contribution in [1.82, 2.24) is 15.3 Å². The zero-order valence-electron chi connectivity index (χ0n) is 11.2. The van der Waals surface area contributed by atoms with Gasteiger partial charge >= 0.3 is 0 Å². The molecule has 18 heavy (non-hydrogen) atoms. The van der Waals surface area contributed by atoms with Gasteiger partial charge < -0.3 is 15.0 Å². The van der Waals surface area contributed by atoms with E-state index in [4.69, 9.17) is 4.74 Å². The van der Waals surface area contributed by atoms with Crippen LogP contribution in [0.1, 0.15) is 19.7 Å². The van der Waals surface area contributed by atoms with Crippen LogP contribution in [0.5, 0.6) is 0 Å². The maximum atomic E-state index is 5.22. The van der Waals surface area contributed by atoms with Gasteiger partial charge in [-0.1, -0.05) is 26.0 Å². The van der Waals surface area contributed by atoms with Gasteiger partial charge in [0, 0.05) is 13.2 Å². The maximum Gasteiger partial charge on any atom is 0.121 e. The van der Waals surface area contributed by atoms with Crippen molar-refractivity contribution in [1.29, 1.82) is 0 Å². The average molecular weight is 247 g/mol. The molecular formula is C14H21N3O. The van der Waals surface area contributed by atoms with Crippen molar-refractivity contribution < 1.29 is 4.74 Å². The Bertz CT molecular complexity index is 459. The van der Waals surface area contributed by atoms with E-state index in [0.29, 0.717) is 12.0 Å². The SMILES string of the molecule is COCC(NCc1nc2ccccc2[nH]1)C(C)C. The molecule has 2 aromatic rings. The highest BCUT2D eigenvalue weighted by molar-refractivity contribution is 5.74. The summed E-state index contributed by atoms with van der Waals surface area (Å²) in [7, 11) is 1.73. The van der Waals surface area contributed by atoms with Gasteiger partial charge in [0.05, 0.1) is 24.2 Å². The summed E-state index contributed by atoms with van der Waals surface area (Å²) in [5, 5.41) is 3.48. The van der Waals surface area contributed by atoms with E-state index in [1.54, 1.807) is 7.11 Å². The number of rotatable bonds is 6. The second-order valence-electron chi connectivity index (χ2n) is 4.89. The lowest BCUT2D eigenvalue weighted by atomic mass is 10.1. The van der Waals surface area contributed by atoms with Gasteiger partial charge in [-0.05, 0) is 18.1 Å². The van der Waals surface area contributed by atoms with E-state index < -0.39 is 0 Å². The molecule has 0 aliphatic rings. The van der Waals surface area contributed by atoms with Crippen molar-refractivity contribution in [3.8, 4) is 0 Å². The number of para-hydroxylation sites is 2. The molecule has 0 aliphatic heterocycles. The van der Waals surface area contributed by atoms with Crippen LogP contribution in [0.15, 0.2) is 24.3 Å². The van der Waals surface area contributed by atoms with Crippen LogP contribution in [0, 0.1) is 5.92 Å². The standard InChI is InChI=1S/C14H21N3O/c1-10(2)13(9-18-3)15-8-14-16-11-6-4-5-7-12(11)17-14/h4-7,10,13,15H,8-9H2,1-3H3,(H,16,17). The molecule has 0 aliphatic carbocycles. The fourth-order valence-electron chi connectivity index (χ4n) is 1.98. The molecule has 0 amide bonds. The van der Waals surface area contributed by atoms with Gasteiger partial charge in [0.1, 0.15) is 5.82 Å². The molecule has 1 aromatic heterocycles. The second kappa shape index (κ2) is 5.98. The van der Waals surface area contributed by atoms with Crippen molar-refractivity contribution in [3.63, 3.8) is 0 Å². The summed E-state index contributed by atoms with van der Waals surface area (Å²) in [5.41, 5.74) is 2.10. The number of nitrogens with one attached hydrogen (secondary N) is 2. The summed E-state index contributed by atoms with van der Waals surface area (Å²) >= 11 is 0. The van der Waals surface area contributed by atoms with Gasteiger partial charge in [-0.3, -0.25) is 0 Å². The Morgan fingerprint density at radius 1 is 1.33 bits per heavy atom. The first kappa shape index (κ1) is 13.1. The van der Waals surface area contributed by atoms with Crippen molar-refractivity contribution in [3.05, 3.63) is 30.1 Å². The first-order valence-corrected chi connectivity index (χ1v) is 6.36. The van der Waals surface area contributed by atoms with E-state index in [0.717, 1.165) is 30.0 Å². The topological polar surface area (TPSA) is 49.9 Å². The number of methoxy groups -OCH3 is 1. The number of benzene rings is 1. The summed E-state index contributed by atoms with van der Waals surface area (Å²) in [6.45, 7) is 5.84. The molecular weight excluding hydrogens is 226 g/mol. The van der Waals surface area contributed by atoms with Gasteiger partial charge in [-0.15, -0.1) is 0 Å². The van der Waals surface area contributed by atoms with Crippen LogP contribution in [-0.4, -0.2) is 29.7 Å². The lowest BCUT2D eigenvalue weighted by Crippen LogP contribution is -2.37. The number of ether oxygens (including phenoxy) is 1. The minimum Gasteiger partial charge on any atom is -0.383 e. The van der Waals surface area contributed by atoms with Gasteiger partial charge in [0.15, 0.2) is 0 Å². The highest BCUT2D eigenvalue weighted by Crippen LogP contribution is 2.10. The molecule has 2 rings (SSSR count). The predicted molar refractivity (Wildman–Crippen MR) is 73.4 cm³/mol. The fourth-order valence-corrected chi connectivity index (χ4v) is 1.98. The van der Waals surface area contributed by atoms with Crippen LogP contribution in [0.4, 0.5) is 0 Å². The third kappa shape index (κ3) is 3.09. The average Bonchev–Trinajstić information content (AvgIpc) is 2.76. The number of H-pyrrole nitrogens is 1. The summed E-state index contributed by atoms with van der Waals surface area (Å²) in [6, 6.07) is 8.43. The number of aromatic nitrogens is 2. The molecule has 0 radical (unpaired) electrons. The zero-order valence-corrected chi connectivity index (χ0v) is 11.2. The molecule has 0 fully saturated rings. The molecule has 1 unspecified atom stereocenters. The molecule has 4 heteroatoms. The molecule has 0 bridgehead atoms. The van der Waals surface area contributed by atoms with Crippen LogP contribution < -0.4 is 5.32 Å². The van der Waals surface area contributed by atoms with Crippen LogP contribution in [0.2, 0.25) is 0 Å². The minimum atomic E-state index is 0.350. The van der Waals surface area contributed by atoms with E-state index in [-0.39, 0.29) is 0 Å². The normalized spacial score (nSPS) is 13.3. The Labute approximate surface area is 108 Å². The van der Waals surface area contributed by atoms with Crippen molar-refractivity contribution in [2.24, 2.45) is 5.92 Å². The van der Waals surface area contributed by atoms with Crippen molar-refractivity contribution in [2.45, 2.75) is 26.4 Å². The number of aromatic amines is 1. The minimum absolute atomic E-state index is 0.350. The Balaban J connectivity index is 2.00. The Morgan fingerprint density at radius 2 is 2.11 bits per heavy atom. The Hall–Kier alpha value is -1.39. The van der Waals surface area contributed by atoms with Crippen LogP contribution in [-0.2, 0) is 11.3 Å². The number of nitrogens with zero attached hydrogens (tertiary/aromatic N) is 1. The maximum absolute atomic E-state index is 5.22. The highest BCUT2D eigenvalue weighted by atomic mass is 16.5. The third-order valence-electron chi connectivity index (χ3n) is 3.12. The predicted octanol–water partition coefficient (Wildman–Crippen LogP) is 2.32. The summed E-state index contributed by atoms with van der Waals surface area (Å²) < 4.78 is 5.22. The summed E-state index contributed by atoms with van der Waals surface area (Å²) in [5.74, 6) is 1.51. The monoisotopic (exact) mass is 247 g/mol. The molecule has 0 saturated heterocycles. The zero-order chi connectivity index (χ0) is 13.0. The number of fused-ring (bicyclic) bond motifs is 1. The number of hydrogen-bond acceptors (Lipinski definition) is 3. The third-order valence-corrected chi connectivity index (χ3v) is 3.12. The molecule has 4 nitrogen and oxygen atoms in total. The summed E-state index contributed by atoms with van der Waals surface area (Å²) in [6.07, 6.45) is 0. The van der Waals surface area contributed by atoms with E-state index in [1.165, 1.54) is 0 Å². The van der Waals surface area contributed by atoms with Gasteiger partial charge in [0.25, 0.3) is 0 Å². The molecule has 1 aromatic carbocycles. The Kier molecular flexibility index (Phi) is 4.33. The van der Waals surface area contributed by atoms with Gasteiger partial charge in [-0.25, -0.2) is 4.98 Å². The van der Waals surface area contributed by atoms with Crippen molar-refractivity contribution >= 4 is 11.0 Å².